The summed E-state index contributed by atoms with van der Waals surface area (Å²) in [6.07, 6.45) is 1.26. The van der Waals surface area contributed by atoms with Gasteiger partial charge in [-0.3, -0.25) is 0 Å². The Balaban J connectivity index is 2.90. The minimum absolute atomic E-state index is 0.00644. The van der Waals surface area contributed by atoms with Gasteiger partial charge in [0.05, 0.1) is 12.2 Å². The molecule has 0 aliphatic rings. The van der Waals surface area contributed by atoms with Crippen molar-refractivity contribution in [3.8, 4) is 5.75 Å². The van der Waals surface area contributed by atoms with Gasteiger partial charge < -0.3 is 15.6 Å². The molecule has 0 aromatic carbocycles. The van der Waals surface area contributed by atoms with Crippen molar-refractivity contribution in [2.45, 2.75) is 6.92 Å². The van der Waals surface area contributed by atoms with E-state index in [1.54, 1.807) is 6.92 Å². The molecule has 0 spiro atoms. The molecule has 13 heavy (non-hydrogen) atoms. The fourth-order valence-corrected chi connectivity index (χ4v) is 0.790. The third-order valence-electron chi connectivity index (χ3n) is 1.41. The number of anilines is 1. The summed E-state index contributed by atoms with van der Waals surface area (Å²) in [4.78, 5) is 14.7. The number of aromatic hydroxyl groups is 1. The molecule has 0 aliphatic carbocycles. The average molecular weight is 182 g/mol. The number of pyridine rings is 1. The highest BCUT2D eigenvalue weighted by Gasteiger charge is 2.08. The molecule has 0 aliphatic heterocycles. The summed E-state index contributed by atoms with van der Waals surface area (Å²) in [6.45, 7) is 1.98. The Morgan fingerprint density at radius 2 is 2.46 bits per heavy atom. The quantitative estimate of drug-likeness (QED) is 0.652. The van der Waals surface area contributed by atoms with Gasteiger partial charge in [0.1, 0.15) is 0 Å². The van der Waals surface area contributed by atoms with Crippen LogP contribution in [0.5, 0.6) is 5.75 Å². The van der Waals surface area contributed by atoms with Gasteiger partial charge in [-0.2, -0.15) is 0 Å². The Hall–Kier alpha value is -1.78. The molecular formula is C8H10N2O3. The lowest BCUT2D eigenvalue weighted by atomic mass is 10.3. The molecule has 1 rings (SSSR count). The van der Waals surface area contributed by atoms with E-state index in [1.807, 2.05) is 0 Å². The van der Waals surface area contributed by atoms with Crippen LogP contribution in [0.2, 0.25) is 0 Å². The van der Waals surface area contributed by atoms with Gasteiger partial charge in [-0.25, -0.2) is 9.78 Å². The van der Waals surface area contributed by atoms with E-state index in [4.69, 9.17) is 15.6 Å². The van der Waals surface area contributed by atoms with Gasteiger partial charge in [0.25, 0.3) is 0 Å². The highest BCUT2D eigenvalue weighted by atomic mass is 16.5. The zero-order valence-electron chi connectivity index (χ0n) is 7.15. The predicted octanol–water partition coefficient (Wildman–Crippen LogP) is 0.546. The molecule has 1 aromatic rings. The van der Waals surface area contributed by atoms with Gasteiger partial charge in [0.15, 0.2) is 11.6 Å². The molecule has 5 nitrogen and oxygen atoms in total. The first-order chi connectivity index (χ1) is 6.15. The van der Waals surface area contributed by atoms with E-state index in [2.05, 4.69) is 4.98 Å². The summed E-state index contributed by atoms with van der Waals surface area (Å²) in [5.74, 6) is -0.746. The summed E-state index contributed by atoms with van der Waals surface area (Å²) in [6, 6.07) is 1.22. The molecule has 5 heteroatoms. The van der Waals surface area contributed by atoms with Crippen LogP contribution in [0.3, 0.4) is 0 Å². The smallest absolute Gasteiger partial charge is 0.339 e. The Morgan fingerprint density at radius 1 is 1.77 bits per heavy atom. The summed E-state index contributed by atoms with van der Waals surface area (Å²) >= 11 is 0. The zero-order valence-corrected chi connectivity index (χ0v) is 7.15. The van der Waals surface area contributed by atoms with Gasteiger partial charge in [-0.05, 0) is 13.0 Å². The number of esters is 1. The molecule has 3 N–H and O–H groups in total. The molecule has 70 valence electrons. The van der Waals surface area contributed by atoms with E-state index < -0.39 is 5.97 Å². The lowest BCUT2D eigenvalue weighted by Crippen LogP contribution is -2.05. The van der Waals surface area contributed by atoms with Crippen molar-refractivity contribution in [1.29, 1.82) is 0 Å². The molecule has 1 aromatic heterocycles. The van der Waals surface area contributed by atoms with Crippen LogP contribution in [-0.2, 0) is 4.74 Å². The van der Waals surface area contributed by atoms with E-state index in [0.29, 0.717) is 0 Å². The SMILES string of the molecule is CCOC(=O)c1cnc(N)c(O)c1. The zero-order chi connectivity index (χ0) is 9.84. The Morgan fingerprint density at radius 3 is 3.00 bits per heavy atom. The largest absolute Gasteiger partial charge is 0.504 e. The van der Waals surface area contributed by atoms with Crippen molar-refractivity contribution < 1.29 is 14.6 Å². The number of hydrogen-bond donors (Lipinski definition) is 2. The highest BCUT2D eigenvalue weighted by molar-refractivity contribution is 5.89. The van der Waals surface area contributed by atoms with E-state index in [9.17, 15) is 4.79 Å². The summed E-state index contributed by atoms with van der Waals surface area (Å²) < 4.78 is 4.69. The summed E-state index contributed by atoms with van der Waals surface area (Å²) in [5, 5.41) is 9.12. The number of aromatic nitrogens is 1. The fraction of sp³-hybridized carbons (Fsp3) is 0.250. The van der Waals surface area contributed by atoms with E-state index >= 15 is 0 Å². The molecule has 0 amide bonds. The average Bonchev–Trinajstić information content (AvgIpc) is 2.10. The van der Waals surface area contributed by atoms with Crippen LogP contribution in [0.25, 0.3) is 0 Å². The van der Waals surface area contributed by atoms with Crippen molar-refractivity contribution in [2.75, 3.05) is 12.3 Å². The maximum Gasteiger partial charge on any atom is 0.339 e. The normalized spacial score (nSPS) is 9.62. The van der Waals surface area contributed by atoms with Crippen LogP contribution in [0.1, 0.15) is 17.3 Å². The molecular weight excluding hydrogens is 172 g/mol. The Bertz CT molecular complexity index is 325. The molecule has 0 saturated heterocycles. The Labute approximate surface area is 75.2 Å². The molecule has 0 atom stereocenters. The number of nitrogen functional groups attached to an aromatic ring is 1. The van der Waals surface area contributed by atoms with E-state index in [-0.39, 0.29) is 23.7 Å². The lowest BCUT2D eigenvalue weighted by Gasteiger charge is -2.02. The maximum atomic E-state index is 11.1. The number of nitrogens with zero attached hydrogens (tertiary/aromatic N) is 1. The van der Waals surface area contributed by atoms with Crippen LogP contribution >= 0.6 is 0 Å². The first-order valence-corrected chi connectivity index (χ1v) is 3.76. The number of nitrogens with two attached hydrogens (primary N) is 1. The van der Waals surface area contributed by atoms with Gasteiger partial charge in [0.2, 0.25) is 0 Å². The standard InChI is InChI=1S/C8H10N2O3/c1-2-13-8(12)5-3-6(11)7(9)10-4-5/h3-4,11H,2H2,1H3,(H2,9,10). The number of rotatable bonds is 2. The summed E-state index contributed by atoms with van der Waals surface area (Å²) in [5.41, 5.74) is 5.44. The predicted molar refractivity (Wildman–Crippen MR) is 46.3 cm³/mol. The van der Waals surface area contributed by atoms with Gasteiger partial charge >= 0.3 is 5.97 Å². The van der Waals surface area contributed by atoms with Crippen LogP contribution < -0.4 is 5.73 Å². The van der Waals surface area contributed by atoms with Crippen molar-refractivity contribution in [1.82, 2.24) is 4.98 Å². The monoisotopic (exact) mass is 182 g/mol. The molecule has 0 unspecified atom stereocenters. The highest BCUT2D eigenvalue weighted by Crippen LogP contribution is 2.17. The van der Waals surface area contributed by atoms with Crippen LogP contribution in [0.15, 0.2) is 12.3 Å². The number of carbonyl (C=O) groups excluding carboxylic acids is 1. The number of hydrogen-bond acceptors (Lipinski definition) is 5. The van der Waals surface area contributed by atoms with Crippen LogP contribution in [-0.4, -0.2) is 22.7 Å². The third-order valence-corrected chi connectivity index (χ3v) is 1.41. The third kappa shape index (κ3) is 2.08. The second-order valence-corrected chi connectivity index (χ2v) is 2.35. The van der Waals surface area contributed by atoms with Crippen molar-refractivity contribution in [2.24, 2.45) is 0 Å². The van der Waals surface area contributed by atoms with Crippen LogP contribution in [0.4, 0.5) is 5.82 Å². The van der Waals surface area contributed by atoms with Gasteiger partial charge in [0, 0.05) is 6.20 Å². The molecule has 1 heterocycles. The van der Waals surface area contributed by atoms with Gasteiger partial charge in [-0.15, -0.1) is 0 Å². The topological polar surface area (TPSA) is 85.4 Å². The first kappa shape index (κ1) is 9.31. The molecule has 0 saturated carbocycles. The van der Waals surface area contributed by atoms with Crippen molar-refractivity contribution in [3.63, 3.8) is 0 Å². The number of carbonyl (C=O) groups is 1. The Kier molecular flexibility index (Phi) is 2.69. The van der Waals surface area contributed by atoms with Crippen molar-refractivity contribution in [3.05, 3.63) is 17.8 Å². The minimum Gasteiger partial charge on any atom is -0.504 e. The second-order valence-electron chi connectivity index (χ2n) is 2.35. The first-order valence-electron chi connectivity index (χ1n) is 3.76. The number of ether oxygens (including phenoxy) is 1. The minimum atomic E-state index is -0.523. The van der Waals surface area contributed by atoms with Gasteiger partial charge in [-0.1, -0.05) is 0 Å². The maximum absolute atomic E-state index is 11.1. The molecule has 0 fully saturated rings. The van der Waals surface area contributed by atoms with Crippen molar-refractivity contribution >= 4 is 11.8 Å². The van der Waals surface area contributed by atoms with Crippen LogP contribution in [0, 0.1) is 0 Å². The summed E-state index contributed by atoms with van der Waals surface area (Å²) in [7, 11) is 0. The van der Waals surface area contributed by atoms with E-state index in [0.717, 1.165) is 0 Å². The van der Waals surface area contributed by atoms with E-state index in [1.165, 1.54) is 12.3 Å². The second kappa shape index (κ2) is 3.75. The lowest BCUT2D eigenvalue weighted by molar-refractivity contribution is 0.0525. The fourth-order valence-electron chi connectivity index (χ4n) is 0.790. The molecule has 0 radical (unpaired) electrons. The molecule has 0 bridgehead atoms.